The van der Waals surface area contributed by atoms with Gasteiger partial charge in [0, 0.05) is 7.11 Å². The van der Waals surface area contributed by atoms with Crippen LogP contribution in [-0.4, -0.2) is 12.7 Å². The Labute approximate surface area is 147 Å². The van der Waals surface area contributed by atoms with E-state index in [0.29, 0.717) is 0 Å². The Morgan fingerprint density at radius 2 is 1.43 bits per heavy atom. The molecule has 1 nitrogen and oxygen atoms in total. The Morgan fingerprint density at radius 3 is 1.91 bits per heavy atom. The van der Waals surface area contributed by atoms with Crippen LogP contribution in [0.25, 0.3) is 0 Å². The van der Waals surface area contributed by atoms with Gasteiger partial charge in [-0.1, -0.05) is 84.2 Å². The highest BCUT2D eigenvalue weighted by atomic mass is 16.5. The van der Waals surface area contributed by atoms with Gasteiger partial charge >= 0.3 is 0 Å². The van der Waals surface area contributed by atoms with Crippen molar-refractivity contribution in [3.8, 4) is 0 Å². The minimum atomic E-state index is 0.0450. The topological polar surface area (TPSA) is 9.23 Å². The second kappa shape index (κ2) is 19.2. The molecule has 1 heteroatoms. The summed E-state index contributed by atoms with van der Waals surface area (Å²) in [5, 5.41) is 0. The van der Waals surface area contributed by atoms with Gasteiger partial charge in [0.25, 0.3) is 0 Å². The Morgan fingerprint density at radius 1 is 0.870 bits per heavy atom. The Bertz CT molecular complexity index is 328. The second-order valence-electron chi connectivity index (χ2n) is 5.51. The summed E-state index contributed by atoms with van der Waals surface area (Å²) in [6.07, 6.45) is 6.18. The summed E-state index contributed by atoms with van der Waals surface area (Å²) in [6, 6.07) is 8.83. The lowest BCUT2D eigenvalue weighted by Crippen LogP contribution is -2.21. The normalized spacial score (nSPS) is 9.48. The van der Waals surface area contributed by atoms with E-state index in [9.17, 15) is 0 Å². The highest BCUT2D eigenvalue weighted by molar-refractivity contribution is 5.22. The molecule has 1 aromatic rings. The zero-order chi connectivity index (χ0) is 18.7. The molecule has 0 aliphatic heterocycles. The largest absolute Gasteiger partial charge is 0.379 e. The molecule has 0 unspecified atom stereocenters. The average molecular weight is 325 g/mol. The van der Waals surface area contributed by atoms with Crippen molar-refractivity contribution in [2.75, 3.05) is 7.11 Å². The molecule has 0 heterocycles. The minimum absolute atomic E-state index is 0.0450. The maximum atomic E-state index is 5.42. The van der Waals surface area contributed by atoms with Crippen molar-refractivity contribution < 1.29 is 4.74 Å². The van der Waals surface area contributed by atoms with Crippen LogP contribution in [0.2, 0.25) is 0 Å². The summed E-state index contributed by atoms with van der Waals surface area (Å²) < 4.78 is 5.42. The van der Waals surface area contributed by atoms with Crippen molar-refractivity contribution in [1.82, 2.24) is 0 Å². The maximum absolute atomic E-state index is 5.42. The smallest absolute Gasteiger partial charge is 0.0622 e. The summed E-state index contributed by atoms with van der Waals surface area (Å²) >= 11 is 0. The van der Waals surface area contributed by atoms with E-state index in [-0.39, 0.29) is 5.60 Å². The summed E-state index contributed by atoms with van der Waals surface area (Å²) in [7, 11) is 1.80. The molecular formula is C22H44O. The number of methoxy groups -OCH3 is 1. The number of hydrogen-bond acceptors (Lipinski definition) is 1. The predicted octanol–water partition coefficient (Wildman–Crippen LogP) is 7.60. The minimum Gasteiger partial charge on any atom is -0.379 e. The number of unbranched alkanes of at least 4 members (excludes halogenated alkanes) is 2. The van der Waals surface area contributed by atoms with Crippen molar-refractivity contribution in [3.63, 3.8) is 0 Å². The van der Waals surface area contributed by atoms with E-state index in [1.807, 2.05) is 41.5 Å². The van der Waals surface area contributed by atoms with Gasteiger partial charge < -0.3 is 4.74 Å². The third kappa shape index (κ3) is 17.4. The fourth-order valence-electron chi connectivity index (χ4n) is 2.03. The number of aryl methyl sites for hydroxylation is 2. The van der Waals surface area contributed by atoms with Gasteiger partial charge in [0.05, 0.1) is 5.60 Å². The maximum Gasteiger partial charge on any atom is 0.0622 e. The van der Waals surface area contributed by atoms with Crippen LogP contribution in [0.15, 0.2) is 24.3 Å². The molecule has 23 heavy (non-hydrogen) atoms. The second-order valence-corrected chi connectivity index (χ2v) is 5.51. The number of ether oxygens (including phenoxy) is 1. The van der Waals surface area contributed by atoms with Crippen LogP contribution < -0.4 is 0 Å². The first-order chi connectivity index (χ1) is 11.0. The molecule has 0 fully saturated rings. The quantitative estimate of drug-likeness (QED) is 0.469. The van der Waals surface area contributed by atoms with Crippen LogP contribution in [0.5, 0.6) is 0 Å². The van der Waals surface area contributed by atoms with E-state index >= 15 is 0 Å². The molecule has 1 rings (SSSR count). The Hall–Kier alpha value is -0.820. The molecule has 0 radical (unpaired) electrons. The third-order valence-corrected chi connectivity index (χ3v) is 3.38. The first kappa shape index (κ1) is 27.0. The average Bonchev–Trinajstić information content (AvgIpc) is 2.60. The van der Waals surface area contributed by atoms with Gasteiger partial charge in [-0.15, -0.1) is 0 Å². The van der Waals surface area contributed by atoms with Crippen LogP contribution in [0.4, 0.5) is 0 Å². The van der Waals surface area contributed by atoms with Crippen LogP contribution in [0.3, 0.4) is 0 Å². The van der Waals surface area contributed by atoms with E-state index in [1.54, 1.807) is 7.11 Å². The molecule has 0 amide bonds. The van der Waals surface area contributed by atoms with E-state index in [1.165, 1.54) is 36.8 Å². The lowest BCUT2D eigenvalue weighted by molar-refractivity contribution is 0.0134. The van der Waals surface area contributed by atoms with Crippen molar-refractivity contribution in [1.29, 1.82) is 0 Å². The standard InChI is InChI=1S/C16H26O.3C2H6/c1-14-9-8-11-15(13-14)10-6-5-7-12-16(2,3)17-4;3*1-2/h8-9,11,13H,5-7,10,12H2,1-4H3;3*1-2H3. The molecule has 138 valence electrons. The fourth-order valence-corrected chi connectivity index (χ4v) is 2.03. The van der Waals surface area contributed by atoms with Crippen molar-refractivity contribution in [2.45, 2.75) is 100 Å². The number of benzene rings is 1. The van der Waals surface area contributed by atoms with Gasteiger partial charge in [0.2, 0.25) is 0 Å². The molecular weight excluding hydrogens is 280 g/mol. The van der Waals surface area contributed by atoms with Crippen LogP contribution in [0.1, 0.15) is 92.2 Å². The molecule has 0 saturated carbocycles. The highest BCUT2D eigenvalue weighted by Crippen LogP contribution is 2.18. The molecule has 0 saturated heterocycles. The van der Waals surface area contributed by atoms with Gasteiger partial charge in [-0.25, -0.2) is 0 Å². The Kier molecular flexibility index (Phi) is 22.6. The monoisotopic (exact) mass is 324 g/mol. The summed E-state index contributed by atoms with van der Waals surface area (Å²) in [4.78, 5) is 0. The molecule has 0 aromatic heterocycles. The molecule has 1 aromatic carbocycles. The van der Waals surface area contributed by atoms with E-state index < -0.39 is 0 Å². The number of rotatable bonds is 7. The Balaban J connectivity index is -0.000000595. The van der Waals surface area contributed by atoms with E-state index in [0.717, 1.165) is 6.42 Å². The molecule has 0 N–H and O–H groups in total. The van der Waals surface area contributed by atoms with Gasteiger partial charge in [-0.2, -0.15) is 0 Å². The first-order valence-corrected chi connectivity index (χ1v) is 9.64. The summed E-state index contributed by atoms with van der Waals surface area (Å²) in [6.45, 7) is 18.5. The zero-order valence-electron chi connectivity index (χ0n) is 17.8. The molecule has 0 aliphatic carbocycles. The third-order valence-electron chi connectivity index (χ3n) is 3.38. The predicted molar refractivity (Wildman–Crippen MR) is 108 cm³/mol. The number of hydrogen-bond donors (Lipinski definition) is 0. The van der Waals surface area contributed by atoms with Crippen LogP contribution in [0, 0.1) is 6.92 Å². The van der Waals surface area contributed by atoms with Crippen LogP contribution in [-0.2, 0) is 11.2 Å². The van der Waals surface area contributed by atoms with Gasteiger partial charge in [0.1, 0.15) is 0 Å². The zero-order valence-corrected chi connectivity index (χ0v) is 17.8. The van der Waals surface area contributed by atoms with Crippen molar-refractivity contribution in [3.05, 3.63) is 35.4 Å². The van der Waals surface area contributed by atoms with Crippen LogP contribution >= 0.6 is 0 Å². The fraction of sp³-hybridized carbons (Fsp3) is 0.727. The summed E-state index contributed by atoms with van der Waals surface area (Å²) in [5.74, 6) is 0. The molecule has 0 atom stereocenters. The van der Waals surface area contributed by atoms with E-state index in [2.05, 4.69) is 45.0 Å². The first-order valence-electron chi connectivity index (χ1n) is 9.64. The van der Waals surface area contributed by atoms with E-state index in [4.69, 9.17) is 4.74 Å². The van der Waals surface area contributed by atoms with Crippen molar-refractivity contribution in [2.24, 2.45) is 0 Å². The molecule has 0 aliphatic rings. The summed E-state index contributed by atoms with van der Waals surface area (Å²) in [5.41, 5.74) is 2.88. The molecule has 0 spiro atoms. The lowest BCUT2D eigenvalue weighted by Gasteiger charge is -2.22. The van der Waals surface area contributed by atoms with Gasteiger partial charge in [-0.05, 0) is 45.6 Å². The lowest BCUT2D eigenvalue weighted by atomic mass is 9.98. The van der Waals surface area contributed by atoms with Gasteiger partial charge in [0.15, 0.2) is 0 Å². The SMILES string of the molecule is CC.CC.CC.COC(C)(C)CCCCCc1cccc(C)c1. The van der Waals surface area contributed by atoms with Crippen molar-refractivity contribution >= 4 is 0 Å². The highest BCUT2D eigenvalue weighted by Gasteiger charge is 2.14. The molecule has 0 bridgehead atoms. The van der Waals surface area contributed by atoms with Gasteiger partial charge in [-0.3, -0.25) is 0 Å².